The SMILES string of the molecule is CCCC(O)(CC(=O)O)c1ccc2c(c1)OCCO2. The predicted octanol–water partition coefficient (Wildman–Crippen LogP) is 1.92. The average Bonchev–Trinajstić information content (AvgIpc) is 2.37. The van der Waals surface area contributed by atoms with Crippen LogP contribution in [0.4, 0.5) is 0 Å². The zero-order valence-corrected chi connectivity index (χ0v) is 10.9. The van der Waals surface area contributed by atoms with Crippen molar-refractivity contribution in [3.63, 3.8) is 0 Å². The van der Waals surface area contributed by atoms with Crippen LogP contribution in [0.3, 0.4) is 0 Å². The van der Waals surface area contributed by atoms with Crippen LogP contribution in [0, 0.1) is 0 Å². The summed E-state index contributed by atoms with van der Waals surface area (Å²) in [7, 11) is 0. The zero-order valence-electron chi connectivity index (χ0n) is 10.9. The molecule has 0 saturated heterocycles. The highest BCUT2D eigenvalue weighted by Gasteiger charge is 2.32. The minimum Gasteiger partial charge on any atom is -0.486 e. The Bertz CT molecular complexity index is 471. The number of fused-ring (bicyclic) bond motifs is 1. The maximum absolute atomic E-state index is 10.9. The molecule has 0 aromatic heterocycles. The van der Waals surface area contributed by atoms with E-state index < -0.39 is 11.6 Å². The van der Waals surface area contributed by atoms with Crippen molar-refractivity contribution < 1.29 is 24.5 Å². The molecule has 1 heterocycles. The van der Waals surface area contributed by atoms with Gasteiger partial charge in [0.15, 0.2) is 11.5 Å². The van der Waals surface area contributed by atoms with Crippen LogP contribution < -0.4 is 9.47 Å². The number of ether oxygens (including phenoxy) is 2. The number of benzene rings is 1. The fraction of sp³-hybridized carbons (Fsp3) is 0.500. The molecule has 0 bridgehead atoms. The molecule has 5 heteroatoms. The molecule has 0 radical (unpaired) electrons. The Morgan fingerprint density at radius 1 is 1.32 bits per heavy atom. The lowest BCUT2D eigenvalue weighted by molar-refractivity contribution is -0.143. The standard InChI is InChI=1S/C14H18O5/c1-2-5-14(17,9-13(15)16)10-3-4-11-12(8-10)19-7-6-18-11/h3-4,8,17H,2,5-7,9H2,1H3,(H,15,16). The molecule has 5 nitrogen and oxygen atoms in total. The molecule has 0 spiro atoms. The Labute approximate surface area is 111 Å². The summed E-state index contributed by atoms with van der Waals surface area (Å²) < 4.78 is 10.9. The summed E-state index contributed by atoms with van der Waals surface area (Å²) in [6.07, 6.45) is 0.762. The number of carboxylic acids is 1. The van der Waals surface area contributed by atoms with Crippen LogP contribution in [0.2, 0.25) is 0 Å². The third-order valence-corrected chi connectivity index (χ3v) is 3.19. The van der Waals surface area contributed by atoms with Gasteiger partial charge in [0, 0.05) is 0 Å². The van der Waals surface area contributed by atoms with Crippen LogP contribution in [0.25, 0.3) is 0 Å². The molecule has 1 aliphatic heterocycles. The lowest BCUT2D eigenvalue weighted by Gasteiger charge is -2.28. The van der Waals surface area contributed by atoms with Gasteiger partial charge in [-0.2, -0.15) is 0 Å². The fourth-order valence-corrected chi connectivity index (χ4v) is 2.33. The third kappa shape index (κ3) is 2.98. The lowest BCUT2D eigenvalue weighted by Crippen LogP contribution is -2.29. The van der Waals surface area contributed by atoms with Crippen molar-refractivity contribution in [1.29, 1.82) is 0 Å². The van der Waals surface area contributed by atoms with Gasteiger partial charge in [0.25, 0.3) is 0 Å². The molecule has 1 atom stereocenters. The molecule has 2 N–H and O–H groups in total. The lowest BCUT2D eigenvalue weighted by atomic mass is 9.86. The second kappa shape index (κ2) is 5.48. The Balaban J connectivity index is 2.33. The largest absolute Gasteiger partial charge is 0.486 e. The molecular weight excluding hydrogens is 248 g/mol. The van der Waals surface area contributed by atoms with E-state index in [2.05, 4.69) is 0 Å². The Morgan fingerprint density at radius 3 is 2.63 bits per heavy atom. The van der Waals surface area contributed by atoms with Crippen LogP contribution in [-0.4, -0.2) is 29.4 Å². The van der Waals surface area contributed by atoms with Crippen LogP contribution in [0.5, 0.6) is 11.5 Å². The first kappa shape index (κ1) is 13.7. The van der Waals surface area contributed by atoms with Crippen LogP contribution in [0.1, 0.15) is 31.7 Å². The van der Waals surface area contributed by atoms with Crippen molar-refractivity contribution in [3.05, 3.63) is 23.8 Å². The first-order valence-corrected chi connectivity index (χ1v) is 6.39. The van der Waals surface area contributed by atoms with Gasteiger partial charge in [0.1, 0.15) is 18.8 Å². The quantitative estimate of drug-likeness (QED) is 0.851. The molecule has 1 aliphatic rings. The van der Waals surface area contributed by atoms with E-state index in [9.17, 15) is 9.90 Å². The summed E-state index contributed by atoms with van der Waals surface area (Å²) in [5.74, 6) is 0.165. The number of hydrogen-bond acceptors (Lipinski definition) is 4. The maximum Gasteiger partial charge on any atom is 0.306 e. The Morgan fingerprint density at radius 2 is 2.00 bits per heavy atom. The van der Waals surface area contributed by atoms with Gasteiger partial charge in [-0.05, 0) is 24.1 Å². The highest BCUT2D eigenvalue weighted by atomic mass is 16.6. The summed E-state index contributed by atoms with van der Waals surface area (Å²) in [5, 5.41) is 19.5. The van der Waals surface area contributed by atoms with Crippen molar-refractivity contribution in [2.45, 2.75) is 31.8 Å². The summed E-state index contributed by atoms with van der Waals surface area (Å²) in [5.41, 5.74) is -0.808. The second-order valence-corrected chi connectivity index (χ2v) is 4.71. The molecule has 1 unspecified atom stereocenters. The van der Waals surface area contributed by atoms with Crippen molar-refractivity contribution in [1.82, 2.24) is 0 Å². The monoisotopic (exact) mass is 266 g/mol. The molecule has 19 heavy (non-hydrogen) atoms. The minimum absolute atomic E-state index is 0.319. The van der Waals surface area contributed by atoms with Gasteiger partial charge in [0.2, 0.25) is 0 Å². The van der Waals surface area contributed by atoms with Crippen molar-refractivity contribution in [2.75, 3.05) is 13.2 Å². The van der Waals surface area contributed by atoms with Gasteiger partial charge in [-0.1, -0.05) is 19.4 Å². The van der Waals surface area contributed by atoms with Crippen molar-refractivity contribution >= 4 is 5.97 Å². The molecule has 0 amide bonds. The van der Waals surface area contributed by atoms with Gasteiger partial charge in [-0.25, -0.2) is 0 Å². The summed E-state index contributed by atoms with van der Waals surface area (Å²) in [6.45, 7) is 2.87. The van der Waals surface area contributed by atoms with Gasteiger partial charge in [-0.15, -0.1) is 0 Å². The van der Waals surface area contributed by atoms with E-state index in [1.165, 1.54) is 0 Å². The molecule has 1 aromatic rings. The third-order valence-electron chi connectivity index (χ3n) is 3.19. The van der Waals surface area contributed by atoms with E-state index in [1.54, 1.807) is 18.2 Å². The summed E-state index contributed by atoms with van der Waals surface area (Å²) in [6, 6.07) is 5.09. The second-order valence-electron chi connectivity index (χ2n) is 4.71. The predicted molar refractivity (Wildman–Crippen MR) is 68.5 cm³/mol. The minimum atomic E-state index is -1.36. The normalized spacial score (nSPS) is 16.7. The van der Waals surface area contributed by atoms with Gasteiger partial charge < -0.3 is 19.7 Å². The van der Waals surface area contributed by atoms with Crippen molar-refractivity contribution in [2.24, 2.45) is 0 Å². The zero-order chi connectivity index (χ0) is 13.9. The van der Waals surface area contributed by atoms with E-state index in [4.69, 9.17) is 14.6 Å². The van der Waals surface area contributed by atoms with Crippen LogP contribution in [0.15, 0.2) is 18.2 Å². The number of carbonyl (C=O) groups is 1. The highest BCUT2D eigenvalue weighted by molar-refractivity contribution is 5.68. The van der Waals surface area contributed by atoms with Gasteiger partial charge in [-0.3, -0.25) is 4.79 Å². The Hall–Kier alpha value is -1.75. The number of hydrogen-bond donors (Lipinski definition) is 2. The molecule has 104 valence electrons. The molecular formula is C14H18O5. The topological polar surface area (TPSA) is 76.0 Å². The Kier molecular flexibility index (Phi) is 3.95. The number of carboxylic acid groups (broad SMARTS) is 1. The van der Waals surface area contributed by atoms with Crippen LogP contribution in [-0.2, 0) is 10.4 Å². The molecule has 0 saturated carbocycles. The van der Waals surface area contributed by atoms with E-state index in [1.807, 2.05) is 6.92 Å². The molecule has 2 rings (SSSR count). The smallest absolute Gasteiger partial charge is 0.306 e. The van der Waals surface area contributed by atoms with Crippen LogP contribution >= 0.6 is 0 Å². The first-order valence-electron chi connectivity index (χ1n) is 6.39. The molecule has 0 fully saturated rings. The van der Waals surface area contributed by atoms with E-state index in [0.29, 0.717) is 43.1 Å². The molecule has 0 aliphatic carbocycles. The number of rotatable bonds is 5. The van der Waals surface area contributed by atoms with E-state index in [0.717, 1.165) is 0 Å². The fourth-order valence-electron chi connectivity index (χ4n) is 2.33. The van der Waals surface area contributed by atoms with Crippen molar-refractivity contribution in [3.8, 4) is 11.5 Å². The van der Waals surface area contributed by atoms with E-state index in [-0.39, 0.29) is 6.42 Å². The molecule has 1 aromatic carbocycles. The summed E-state index contributed by atoms with van der Waals surface area (Å²) in [4.78, 5) is 10.9. The highest BCUT2D eigenvalue weighted by Crippen LogP contribution is 2.37. The number of aliphatic hydroxyl groups is 1. The number of aliphatic carboxylic acids is 1. The van der Waals surface area contributed by atoms with Gasteiger partial charge >= 0.3 is 5.97 Å². The summed E-state index contributed by atoms with van der Waals surface area (Å²) >= 11 is 0. The average molecular weight is 266 g/mol. The van der Waals surface area contributed by atoms with Gasteiger partial charge in [0.05, 0.1) is 6.42 Å². The maximum atomic E-state index is 10.9. The van der Waals surface area contributed by atoms with E-state index >= 15 is 0 Å². The first-order chi connectivity index (χ1) is 9.05.